The molecule has 1 saturated heterocycles. The first-order chi connectivity index (χ1) is 6.38. The standard InChI is InChI=1S/C10H15N3/c1-8-6-11-3-2-9(8)10-7-12-4-5-13-10/h2-3,6,10,12-13H,4-5,7H2,1H3. The zero-order valence-electron chi connectivity index (χ0n) is 7.88. The van der Waals surface area contributed by atoms with Crippen molar-refractivity contribution in [1.29, 1.82) is 0 Å². The van der Waals surface area contributed by atoms with Crippen molar-refractivity contribution in [2.24, 2.45) is 0 Å². The van der Waals surface area contributed by atoms with Crippen LogP contribution in [0, 0.1) is 6.92 Å². The molecule has 1 unspecified atom stereocenters. The van der Waals surface area contributed by atoms with Gasteiger partial charge in [-0.15, -0.1) is 0 Å². The van der Waals surface area contributed by atoms with E-state index in [9.17, 15) is 0 Å². The molecule has 2 N–H and O–H groups in total. The van der Waals surface area contributed by atoms with E-state index in [1.807, 2.05) is 12.4 Å². The molecule has 0 aromatic carbocycles. The van der Waals surface area contributed by atoms with Crippen LogP contribution >= 0.6 is 0 Å². The molecular formula is C10H15N3. The summed E-state index contributed by atoms with van der Waals surface area (Å²) in [5.74, 6) is 0. The van der Waals surface area contributed by atoms with E-state index in [1.165, 1.54) is 11.1 Å². The lowest BCUT2D eigenvalue weighted by Gasteiger charge is -2.25. The average Bonchev–Trinajstić information content (AvgIpc) is 2.20. The summed E-state index contributed by atoms with van der Waals surface area (Å²) in [4.78, 5) is 4.09. The summed E-state index contributed by atoms with van der Waals surface area (Å²) in [7, 11) is 0. The van der Waals surface area contributed by atoms with E-state index in [-0.39, 0.29) is 0 Å². The number of hydrogen-bond acceptors (Lipinski definition) is 3. The van der Waals surface area contributed by atoms with E-state index in [1.54, 1.807) is 0 Å². The molecular weight excluding hydrogens is 162 g/mol. The quantitative estimate of drug-likeness (QED) is 0.660. The third-order valence-corrected chi connectivity index (χ3v) is 2.48. The molecule has 3 nitrogen and oxygen atoms in total. The van der Waals surface area contributed by atoms with Crippen LogP contribution in [0.4, 0.5) is 0 Å². The lowest BCUT2D eigenvalue weighted by Crippen LogP contribution is -2.42. The number of rotatable bonds is 1. The monoisotopic (exact) mass is 177 g/mol. The number of aromatic nitrogens is 1. The smallest absolute Gasteiger partial charge is 0.0450 e. The van der Waals surface area contributed by atoms with E-state index in [2.05, 4.69) is 28.6 Å². The summed E-state index contributed by atoms with van der Waals surface area (Å²) in [6.45, 7) is 5.25. The van der Waals surface area contributed by atoms with Gasteiger partial charge in [0.2, 0.25) is 0 Å². The summed E-state index contributed by atoms with van der Waals surface area (Å²) in [6, 6.07) is 2.55. The Kier molecular flexibility index (Phi) is 2.57. The van der Waals surface area contributed by atoms with Crippen molar-refractivity contribution in [1.82, 2.24) is 15.6 Å². The summed E-state index contributed by atoms with van der Waals surface area (Å²) in [5, 5.41) is 6.86. The first-order valence-corrected chi connectivity index (χ1v) is 4.72. The molecule has 1 fully saturated rings. The maximum atomic E-state index is 4.09. The third-order valence-electron chi connectivity index (χ3n) is 2.48. The Morgan fingerprint density at radius 1 is 1.46 bits per heavy atom. The van der Waals surface area contributed by atoms with Crippen LogP contribution in [0.5, 0.6) is 0 Å². The van der Waals surface area contributed by atoms with Gasteiger partial charge >= 0.3 is 0 Å². The van der Waals surface area contributed by atoms with Gasteiger partial charge in [0.05, 0.1) is 0 Å². The summed E-state index contributed by atoms with van der Waals surface area (Å²) < 4.78 is 0. The average molecular weight is 177 g/mol. The van der Waals surface area contributed by atoms with Crippen molar-refractivity contribution in [2.45, 2.75) is 13.0 Å². The number of aryl methyl sites for hydroxylation is 1. The topological polar surface area (TPSA) is 37.0 Å². The van der Waals surface area contributed by atoms with Gasteiger partial charge in [0.25, 0.3) is 0 Å². The van der Waals surface area contributed by atoms with E-state index < -0.39 is 0 Å². The first-order valence-electron chi connectivity index (χ1n) is 4.72. The minimum Gasteiger partial charge on any atom is -0.314 e. The summed E-state index contributed by atoms with van der Waals surface area (Å²) in [5.41, 5.74) is 2.63. The van der Waals surface area contributed by atoms with Crippen LogP contribution in [0.2, 0.25) is 0 Å². The molecule has 0 bridgehead atoms. The zero-order chi connectivity index (χ0) is 9.10. The second kappa shape index (κ2) is 3.85. The number of nitrogens with zero attached hydrogens (tertiary/aromatic N) is 1. The van der Waals surface area contributed by atoms with Gasteiger partial charge in [0.1, 0.15) is 0 Å². The highest BCUT2D eigenvalue weighted by Crippen LogP contribution is 2.16. The molecule has 0 radical (unpaired) electrons. The lowest BCUT2D eigenvalue weighted by molar-refractivity contribution is 0.429. The molecule has 1 atom stereocenters. The number of piperazine rings is 1. The molecule has 1 aliphatic rings. The number of nitrogens with one attached hydrogen (secondary N) is 2. The predicted octanol–water partition coefficient (Wildman–Crippen LogP) is 0.624. The highest BCUT2D eigenvalue weighted by Gasteiger charge is 2.15. The van der Waals surface area contributed by atoms with Gasteiger partial charge in [-0.1, -0.05) is 0 Å². The van der Waals surface area contributed by atoms with E-state index in [4.69, 9.17) is 0 Å². The Labute approximate surface area is 78.6 Å². The van der Waals surface area contributed by atoms with Crippen molar-refractivity contribution in [2.75, 3.05) is 19.6 Å². The number of pyridine rings is 1. The van der Waals surface area contributed by atoms with E-state index in [0.29, 0.717) is 6.04 Å². The van der Waals surface area contributed by atoms with E-state index >= 15 is 0 Å². The van der Waals surface area contributed by atoms with Crippen molar-refractivity contribution < 1.29 is 0 Å². The third kappa shape index (κ3) is 1.87. The first kappa shape index (κ1) is 8.66. The molecule has 70 valence electrons. The second-order valence-electron chi connectivity index (χ2n) is 3.44. The fraction of sp³-hybridized carbons (Fsp3) is 0.500. The maximum absolute atomic E-state index is 4.09. The van der Waals surface area contributed by atoms with Crippen molar-refractivity contribution in [3.8, 4) is 0 Å². The molecule has 3 heteroatoms. The molecule has 0 saturated carbocycles. The fourth-order valence-electron chi connectivity index (χ4n) is 1.75. The molecule has 0 aliphatic carbocycles. The highest BCUT2D eigenvalue weighted by atomic mass is 15.1. The van der Waals surface area contributed by atoms with Crippen LogP contribution < -0.4 is 10.6 Å². The molecule has 0 spiro atoms. The predicted molar refractivity (Wildman–Crippen MR) is 52.6 cm³/mol. The van der Waals surface area contributed by atoms with Crippen molar-refractivity contribution in [3.05, 3.63) is 29.6 Å². The second-order valence-corrected chi connectivity index (χ2v) is 3.44. The van der Waals surface area contributed by atoms with Gasteiger partial charge in [0, 0.05) is 38.1 Å². The van der Waals surface area contributed by atoms with Crippen LogP contribution in [0.3, 0.4) is 0 Å². The van der Waals surface area contributed by atoms with Crippen molar-refractivity contribution >= 4 is 0 Å². The molecule has 2 rings (SSSR count). The van der Waals surface area contributed by atoms with Crippen molar-refractivity contribution in [3.63, 3.8) is 0 Å². The summed E-state index contributed by atoms with van der Waals surface area (Å²) in [6.07, 6.45) is 3.78. The van der Waals surface area contributed by atoms with Crippen LogP contribution in [0.15, 0.2) is 18.5 Å². The summed E-state index contributed by atoms with van der Waals surface area (Å²) >= 11 is 0. The fourth-order valence-corrected chi connectivity index (χ4v) is 1.75. The van der Waals surface area contributed by atoms with Crippen LogP contribution in [-0.2, 0) is 0 Å². The highest BCUT2D eigenvalue weighted by molar-refractivity contribution is 5.25. The Morgan fingerprint density at radius 2 is 2.38 bits per heavy atom. The van der Waals surface area contributed by atoms with Gasteiger partial charge in [-0.05, 0) is 24.1 Å². The van der Waals surface area contributed by atoms with Gasteiger partial charge in [-0.2, -0.15) is 0 Å². The van der Waals surface area contributed by atoms with Gasteiger partial charge < -0.3 is 10.6 Å². The van der Waals surface area contributed by atoms with Gasteiger partial charge in [-0.25, -0.2) is 0 Å². The Hall–Kier alpha value is -0.930. The molecule has 2 heterocycles. The Balaban J connectivity index is 2.18. The van der Waals surface area contributed by atoms with Crippen LogP contribution in [0.1, 0.15) is 17.2 Å². The molecule has 1 aromatic heterocycles. The minimum absolute atomic E-state index is 0.455. The normalized spacial score (nSPS) is 23.0. The number of hydrogen-bond donors (Lipinski definition) is 2. The molecule has 13 heavy (non-hydrogen) atoms. The van der Waals surface area contributed by atoms with Crippen LogP contribution in [-0.4, -0.2) is 24.6 Å². The molecule has 0 amide bonds. The lowest BCUT2D eigenvalue weighted by atomic mass is 10.0. The minimum atomic E-state index is 0.455. The van der Waals surface area contributed by atoms with E-state index in [0.717, 1.165) is 19.6 Å². The zero-order valence-corrected chi connectivity index (χ0v) is 7.88. The Bertz CT molecular complexity index is 279. The largest absolute Gasteiger partial charge is 0.314 e. The molecule has 1 aromatic rings. The van der Waals surface area contributed by atoms with Gasteiger partial charge in [0.15, 0.2) is 0 Å². The van der Waals surface area contributed by atoms with Crippen LogP contribution in [0.25, 0.3) is 0 Å². The molecule has 1 aliphatic heterocycles. The SMILES string of the molecule is Cc1cnccc1C1CNCCN1. The van der Waals surface area contributed by atoms with Gasteiger partial charge in [-0.3, -0.25) is 4.98 Å². The Morgan fingerprint density at radius 3 is 3.08 bits per heavy atom. The maximum Gasteiger partial charge on any atom is 0.0450 e.